The van der Waals surface area contributed by atoms with Crippen molar-refractivity contribution in [1.29, 1.82) is 0 Å². The first-order chi connectivity index (χ1) is 11.5. The Balaban J connectivity index is 1.90. The van der Waals surface area contributed by atoms with Gasteiger partial charge in [0, 0.05) is 24.3 Å². The monoisotopic (exact) mass is 364 g/mol. The van der Waals surface area contributed by atoms with Crippen LogP contribution in [0.25, 0.3) is 0 Å². The van der Waals surface area contributed by atoms with Crippen LogP contribution in [0.1, 0.15) is 23.2 Å². The van der Waals surface area contributed by atoms with Crippen molar-refractivity contribution in [2.75, 3.05) is 18.4 Å². The summed E-state index contributed by atoms with van der Waals surface area (Å²) in [6, 6.07) is 13.3. The maximum atomic E-state index is 12.7. The van der Waals surface area contributed by atoms with Gasteiger partial charge in [0.25, 0.3) is 5.91 Å². The maximum Gasteiger partial charge on any atom is 0.255 e. The van der Waals surface area contributed by atoms with E-state index in [-0.39, 0.29) is 21.4 Å². The molecule has 0 unspecified atom stereocenters. The van der Waals surface area contributed by atoms with Crippen LogP contribution in [0.15, 0.2) is 53.4 Å². The van der Waals surface area contributed by atoms with Crippen LogP contribution < -0.4 is 5.32 Å². The van der Waals surface area contributed by atoms with Gasteiger partial charge >= 0.3 is 0 Å². The summed E-state index contributed by atoms with van der Waals surface area (Å²) in [6.07, 6.45) is 1.68. The molecule has 1 N–H and O–H groups in total. The molecule has 1 amide bonds. The fourth-order valence-corrected chi connectivity index (χ4v) is 4.65. The highest BCUT2D eigenvalue weighted by Crippen LogP contribution is 2.28. The number of para-hydroxylation sites is 1. The summed E-state index contributed by atoms with van der Waals surface area (Å²) in [5.41, 5.74) is 0.891. The SMILES string of the molecule is O=C(Nc1ccccc1)c1ccc(Cl)c(S(=O)(=O)N2CCCC2)c1. The van der Waals surface area contributed by atoms with E-state index in [4.69, 9.17) is 11.6 Å². The van der Waals surface area contributed by atoms with Crippen LogP contribution in [0.4, 0.5) is 5.69 Å². The van der Waals surface area contributed by atoms with Crippen LogP contribution in [0.3, 0.4) is 0 Å². The van der Waals surface area contributed by atoms with E-state index in [0.717, 1.165) is 12.8 Å². The topological polar surface area (TPSA) is 66.5 Å². The van der Waals surface area contributed by atoms with E-state index >= 15 is 0 Å². The first kappa shape index (κ1) is 17.0. The predicted octanol–water partition coefficient (Wildman–Crippen LogP) is 3.38. The van der Waals surface area contributed by atoms with Gasteiger partial charge in [0.2, 0.25) is 10.0 Å². The third-order valence-corrected chi connectivity index (χ3v) is 6.29. The molecule has 1 fully saturated rings. The Kier molecular flexibility index (Phi) is 4.89. The standard InChI is InChI=1S/C17H17ClN2O3S/c18-15-9-8-13(17(21)19-14-6-2-1-3-7-14)12-16(15)24(22,23)20-10-4-5-11-20/h1-3,6-9,12H,4-5,10-11H2,(H,19,21). The molecule has 1 aliphatic heterocycles. The van der Waals surface area contributed by atoms with E-state index in [2.05, 4.69) is 5.32 Å². The smallest absolute Gasteiger partial charge is 0.255 e. The van der Waals surface area contributed by atoms with Gasteiger partial charge in [-0.15, -0.1) is 0 Å². The molecule has 0 atom stereocenters. The highest BCUT2D eigenvalue weighted by atomic mass is 35.5. The van der Waals surface area contributed by atoms with Gasteiger partial charge in [-0.25, -0.2) is 8.42 Å². The molecule has 0 saturated carbocycles. The summed E-state index contributed by atoms with van der Waals surface area (Å²) in [5.74, 6) is -0.379. The van der Waals surface area contributed by atoms with Crippen LogP contribution in [0.2, 0.25) is 5.02 Å². The number of sulfonamides is 1. The predicted molar refractivity (Wildman–Crippen MR) is 93.8 cm³/mol. The van der Waals surface area contributed by atoms with Crippen molar-refractivity contribution < 1.29 is 13.2 Å². The average molecular weight is 365 g/mol. The zero-order chi connectivity index (χ0) is 17.2. The quantitative estimate of drug-likeness (QED) is 0.904. The number of hydrogen-bond acceptors (Lipinski definition) is 3. The van der Waals surface area contributed by atoms with Crippen molar-refractivity contribution in [1.82, 2.24) is 4.31 Å². The first-order valence-electron chi connectivity index (χ1n) is 7.64. The number of carbonyl (C=O) groups excluding carboxylic acids is 1. The number of benzene rings is 2. The second-order valence-electron chi connectivity index (χ2n) is 5.58. The summed E-state index contributed by atoms with van der Waals surface area (Å²) in [4.78, 5) is 12.3. The molecule has 126 valence electrons. The molecular weight excluding hydrogens is 348 g/mol. The molecule has 7 heteroatoms. The molecule has 24 heavy (non-hydrogen) atoms. The molecule has 0 spiro atoms. The van der Waals surface area contributed by atoms with Crippen molar-refractivity contribution in [2.45, 2.75) is 17.7 Å². The second-order valence-corrected chi connectivity index (χ2v) is 7.89. The molecule has 0 radical (unpaired) electrons. The third kappa shape index (κ3) is 3.45. The number of hydrogen-bond donors (Lipinski definition) is 1. The Morgan fingerprint density at radius 3 is 2.38 bits per heavy atom. The van der Waals surface area contributed by atoms with E-state index in [9.17, 15) is 13.2 Å². The van der Waals surface area contributed by atoms with Gasteiger partial charge in [-0.1, -0.05) is 29.8 Å². The lowest BCUT2D eigenvalue weighted by Gasteiger charge is -2.17. The van der Waals surface area contributed by atoms with Gasteiger partial charge in [0.15, 0.2) is 0 Å². The molecule has 1 saturated heterocycles. The maximum absolute atomic E-state index is 12.7. The fraction of sp³-hybridized carbons (Fsp3) is 0.235. The van der Waals surface area contributed by atoms with E-state index in [1.807, 2.05) is 6.07 Å². The van der Waals surface area contributed by atoms with Crippen LogP contribution in [0.5, 0.6) is 0 Å². The molecule has 0 bridgehead atoms. The van der Waals surface area contributed by atoms with Crippen molar-refractivity contribution >= 4 is 33.2 Å². The summed E-state index contributed by atoms with van der Waals surface area (Å²) in [5, 5.41) is 2.86. The van der Waals surface area contributed by atoms with Gasteiger partial charge in [-0.05, 0) is 43.2 Å². The molecule has 0 aromatic heterocycles. The Labute approximate surface area is 146 Å². The normalized spacial score (nSPS) is 15.4. The molecule has 0 aliphatic carbocycles. The highest BCUT2D eigenvalue weighted by Gasteiger charge is 2.29. The van der Waals surface area contributed by atoms with Gasteiger partial charge in [-0.2, -0.15) is 4.31 Å². The second kappa shape index (κ2) is 6.93. The van der Waals surface area contributed by atoms with Gasteiger partial charge in [0.1, 0.15) is 4.90 Å². The van der Waals surface area contributed by atoms with E-state index in [1.165, 1.54) is 22.5 Å². The summed E-state index contributed by atoms with van der Waals surface area (Å²) < 4.78 is 26.8. The summed E-state index contributed by atoms with van der Waals surface area (Å²) in [7, 11) is -3.68. The van der Waals surface area contributed by atoms with Crippen LogP contribution in [-0.4, -0.2) is 31.7 Å². The Morgan fingerprint density at radius 1 is 1.04 bits per heavy atom. The van der Waals surface area contributed by atoms with Gasteiger partial charge < -0.3 is 5.32 Å². The minimum atomic E-state index is -3.68. The minimum Gasteiger partial charge on any atom is -0.322 e. The van der Waals surface area contributed by atoms with Gasteiger partial charge in [-0.3, -0.25) is 4.79 Å². The molecule has 1 heterocycles. The third-order valence-electron chi connectivity index (χ3n) is 3.91. The summed E-state index contributed by atoms with van der Waals surface area (Å²) in [6.45, 7) is 0.970. The zero-order valence-electron chi connectivity index (χ0n) is 12.9. The van der Waals surface area contributed by atoms with Crippen LogP contribution in [0, 0.1) is 0 Å². The fourth-order valence-electron chi connectivity index (χ4n) is 2.63. The van der Waals surface area contributed by atoms with Crippen molar-refractivity contribution in [2.24, 2.45) is 0 Å². The summed E-state index contributed by atoms with van der Waals surface area (Å²) >= 11 is 6.09. The average Bonchev–Trinajstić information content (AvgIpc) is 3.11. The molecule has 2 aromatic carbocycles. The molecule has 5 nitrogen and oxygen atoms in total. The number of anilines is 1. The number of nitrogens with one attached hydrogen (secondary N) is 1. The van der Waals surface area contributed by atoms with Gasteiger partial charge in [0.05, 0.1) is 5.02 Å². The van der Waals surface area contributed by atoms with E-state index < -0.39 is 10.0 Å². The van der Waals surface area contributed by atoms with Crippen molar-refractivity contribution in [3.8, 4) is 0 Å². The first-order valence-corrected chi connectivity index (χ1v) is 9.46. The Bertz CT molecular complexity index is 847. The lowest BCUT2D eigenvalue weighted by Crippen LogP contribution is -2.28. The Hall–Kier alpha value is -1.89. The molecular formula is C17H17ClN2O3S. The highest BCUT2D eigenvalue weighted by molar-refractivity contribution is 7.89. The van der Waals surface area contributed by atoms with E-state index in [1.54, 1.807) is 24.3 Å². The number of rotatable bonds is 4. The number of halogens is 1. The molecule has 3 rings (SSSR count). The van der Waals surface area contributed by atoms with E-state index in [0.29, 0.717) is 18.8 Å². The minimum absolute atomic E-state index is 0.0215. The molecule has 2 aromatic rings. The number of amides is 1. The van der Waals surface area contributed by atoms with Crippen molar-refractivity contribution in [3.63, 3.8) is 0 Å². The number of nitrogens with zero attached hydrogens (tertiary/aromatic N) is 1. The van der Waals surface area contributed by atoms with Crippen LogP contribution in [-0.2, 0) is 10.0 Å². The van der Waals surface area contributed by atoms with Crippen molar-refractivity contribution in [3.05, 3.63) is 59.1 Å². The lowest BCUT2D eigenvalue weighted by atomic mass is 10.2. The van der Waals surface area contributed by atoms with Crippen LogP contribution >= 0.6 is 11.6 Å². The molecule has 1 aliphatic rings. The number of carbonyl (C=O) groups is 1. The Morgan fingerprint density at radius 2 is 1.71 bits per heavy atom. The lowest BCUT2D eigenvalue weighted by molar-refractivity contribution is 0.102. The largest absolute Gasteiger partial charge is 0.322 e. The zero-order valence-corrected chi connectivity index (χ0v) is 14.5.